The molecule has 0 spiro atoms. The fourth-order valence-corrected chi connectivity index (χ4v) is 4.19. The standard InChI is InChI=1S/C26H29N5O3/c1-14(2)31-24-22(13-28-31)20(11-23(30-24)19-8-6-18(7-9-19)17(5)32)25(33)27-12-21-15(3)10-16(4)29-26(21)34/h6-11,14,28H,12-13H2,1-5H3,(H,27,33)(H,29,34). The van der Waals surface area contributed by atoms with Gasteiger partial charge in [-0.05, 0) is 52.3 Å². The Bertz CT molecular complexity index is 1330. The maximum Gasteiger partial charge on any atom is 0.253 e. The minimum absolute atomic E-state index is 0.00917. The largest absolute Gasteiger partial charge is 0.348 e. The van der Waals surface area contributed by atoms with Gasteiger partial charge in [0.05, 0.1) is 5.69 Å². The van der Waals surface area contributed by atoms with E-state index in [1.165, 1.54) is 6.92 Å². The van der Waals surface area contributed by atoms with Gasteiger partial charge in [0.1, 0.15) is 5.82 Å². The zero-order chi connectivity index (χ0) is 24.6. The molecule has 0 unspecified atom stereocenters. The Morgan fingerprint density at radius 3 is 2.47 bits per heavy atom. The number of hydrogen-bond acceptors (Lipinski definition) is 6. The molecule has 34 heavy (non-hydrogen) atoms. The molecule has 0 saturated carbocycles. The number of aromatic nitrogens is 2. The Kier molecular flexibility index (Phi) is 6.34. The van der Waals surface area contributed by atoms with Gasteiger partial charge in [0.2, 0.25) is 0 Å². The minimum Gasteiger partial charge on any atom is -0.348 e. The van der Waals surface area contributed by atoms with E-state index >= 15 is 0 Å². The van der Waals surface area contributed by atoms with Gasteiger partial charge >= 0.3 is 0 Å². The highest BCUT2D eigenvalue weighted by atomic mass is 16.2. The Morgan fingerprint density at radius 2 is 1.85 bits per heavy atom. The van der Waals surface area contributed by atoms with Crippen LogP contribution in [0.5, 0.6) is 0 Å². The lowest BCUT2D eigenvalue weighted by Gasteiger charge is -2.23. The summed E-state index contributed by atoms with van der Waals surface area (Å²) >= 11 is 0. The van der Waals surface area contributed by atoms with E-state index in [-0.39, 0.29) is 29.8 Å². The van der Waals surface area contributed by atoms with Crippen LogP contribution >= 0.6 is 0 Å². The van der Waals surface area contributed by atoms with E-state index in [0.717, 1.165) is 22.4 Å². The SMILES string of the molecule is CC(=O)c1ccc(-c2cc(C(=O)NCc3c(C)cc(C)[nH]c3=O)c3c(n2)N(C(C)C)NC3)cc1. The monoisotopic (exact) mass is 459 g/mol. The van der Waals surface area contributed by atoms with Crippen molar-refractivity contribution in [2.75, 3.05) is 5.01 Å². The van der Waals surface area contributed by atoms with Crippen LogP contribution in [0, 0.1) is 13.8 Å². The molecule has 0 radical (unpaired) electrons. The molecule has 1 aliphatic rings. The molecule has 4 rings (SSSR count). The number of rotatable bonds is 6. The van der Waals surface area contributed by atoms with Crippen LogP contribution in [0.2, 0.25) is 0 Å². The third-order valence-corrected chi connectivity index (χ3v) is 6.02. The topological polar surface area (TPSA) is 107 Å². The Balaban J connectivity index is 1.71. The van der Waals surface area contributed by atoms with Gasteiger partial charge in [-0.15, -0.1) is 0 Å². The first-order chi connectivity index (χ1) is 16.2. The molecule has 0 bridgehead atoms. The van der Waals surface area contributed by atoms with E-state index in [1.807, 2.05) is 50.9 Å². The Hall–Kier alpha value is -3.78. The molecule has 3 heterocycles. The number of nitrogens with one attached hydrogen (secondary N) is 3. The van der Waals surface area contributed by atoms with Crippen molar-refractivity contribution in [2.24, 2.45) is 0 Å². The second-order valence-corrected chi connectivity index (χ2v) is 8.92. The molecule has 1 amide bonds. The Morgan fingerprint density at radius 1 is 1.15 bits per heavy atom. The molecule has 3 N–H and O–H groups in total. The third-order valence-electron chi connectivity index (χ3n) is 6.02. The van der Waals surface area contributed by atoms with Crippen LogP contribution in [-0.4, -0.2) is 27.7 Å². The van der Waals surface area contributed by atoms with Crippen molar-refractivity contribution in [3.63, 3.8) is 0 Å². The fourth-order valence-electron chi connectivity index (χ4n) is 4.19. The average molecular weight is 460 g/mol. The van der Waals surface area contributed by atoms with Crippen molar-refractivity contribution in [3.8, 4) is 11.3 Å². The van der Waals surface area contributed by atoms with Gasteiger partial charge in [-0.3, -0.25) is 19.4 Å². The van der Waals surface area contributed by atoms with E-state index in [0.29, 0.717) is 34.7 Å². The summed E-state index contributed by atoms with van der Waals surface area (Å²) in [5.41, 5.74) is 8.64. The summed E-state index contributed by atoms with van der Waals surface area (Å²) in [4.78, 5) is 45.0. The second-order valence-electron chi connectivity index (χ2n) is 8.92. The third kappa shape index (κ3) is 4.49. The van der Waals surface area contributed by atoms with Crippen molar-refractivity contribution in [1.29, 1.82) is 0 Å². The first-order valence-corrected chi connectivity index (χ1v) is 11.3. The molecular weight excluding hydrogens is 430 g/mol. The molecule has 0 aliphatic carbocycles. The maximum atomic E-state index is 13.3. The lowest BCUT2D eigenvalue weighted by molar-refractivity contribution is 0.0949. The molecule has 3 aromatic rings. The highest BCUT2D eigenvalue weighted by Crippen LogP contribution is 2.32. The van der Waals surface area contributed by atoms with Gasteiger partial charge in [0.15, 0.2) is 5.78 Å². The van der Waals surface area contributed by atoms with Gasteiger partial charge in [0, 0.05) is 52.6 Å². The number of amides is 1. The normalized spacial score (nSPS) is 12.7. The maximum absolute atomic E-state index is 13.3. The number of hydrazine groups is 1. The average Bonchev–Trinajstić information content (AvgIpc) is 3.22. The van der Waals surface area contributed by atoms with Crippen molar-refractivity contribution in [1.82, 2.24) is 20.7 Å². The van der Waals surface area contributed by atoms with Crippen molar-refractivity contribution >= 4 is 17.5 Å². The van der Waals surface area contributed by atoms with E-state index in [1.54, 1.807) is 18.2 Å². The van der Waals surface area contributed by atoms with Gasteiger partial charge < -0.3 is 10.3 Å². The summed E-state index contributed by atoms with van der Waals surface area (Å²) < 4.78 is 0. The Labute approximate surface area is 198 Å². The van der Waals surface area contributed by atoms with Crippen LogP contribution in [0.4, 0.5) is 5.82 Å². The summed E-state index contributed by atoms with van der Waals surface area (Å²) in [6.45, 7) is 9.92. The molecule has 8 heteroatoms. The number of Topliss-reactive ketones (excluding diaryl/α,β-unsaturated/α-hetero) is 1. The molecule has 0 fully saturated rings. The van der Waals surface area contributed by atoms with Crippen LogP contribution < -0.4 is 21.3 Å². The number of carbonyl (C=O) groups is 2. The summed E-state index contributed by atoms with van der Waals surface area (Å²) in [7, 11) is 0. The molecular formula is C26H29N5O3. The number of H-pyrrole nitrogens is 1. The lowest BCUT2D eigenvalue weighted by atomic mass is 10.0. The van der Waals surface area contributed by atoms with E-state index in [2.05, 4.69) is 15.7 Å². The fraction of sp³-hybridized carbons (Fsp3) is 0.308. The molecule has 1 aliphatic heterocycles. The van der Waals surface area contributed by atoms with Crippen LogP contribution in [0.3, 0.4) is 0 Å². The number of nitrogens with zero attached hydrogens (tertiary/aromatic N) is 2. The predicted octanol–water partition coefficient (Wildman–Crippen LogP) is 3.42. The number of carbonyl (C=O) groups excluding carboxylic acids is 2. The molecule has 0 atom stereocenters. The molecule has 1 aromatic carbocycles. The minimum atomic E-state index is -0.271. The van der Waals surface area contributed by atoms with Gasteiger partial charge in [-0.2, -0.15) is 0 Å². The smallest absolute Gasteiger partial charge is 0.253 e. The van der Waals surface area contributed by atoms with Crippen molar-refractivity contribution < 1.29 is 9.59 Å². The number of benzene rings is 1. The molecule has 2 aromatic heterocycles. The highest BCUT2D eigenvalue weighted by Gasteiger charge is 2.29. The second kappa shape index (κ2) is 9.23. The number of aryl methyl sites for hydroxylation is 2. The summed E-state index contributed by atoms with van der Waals surface area (Å²) in [6, 6.07) is 11.0. The number of pyridine rings is 2. The molecule has 8 nitrogen and oxygen atoms in total. The van der Waals surface area contributed by atoms with Gasteiger partial charge in [-0.1, -0.05) is 24.3 Å². The van der Waals surface area contributed by atoms with E-state index < -0.39 is 0 Å². The number of hydrogen-bond donors (Lipinski definition) is 3. The predicted molar refractivity (Wildman–Crippen MR) is 132 cm³/mol. The quantitative estimate of drug-likeness (QED) is 0.488. The number of aromatic amines is 1. The first-order valence-electron chi connectivity index (χ1n) is 11.3. The van der Waals surface area contributed by atoms with Crippen molar-refractivity contribution in [2.45, 2.75) is 53.8 Å². The summed E-state index contributed by atoms with van der Waals surface area (Å²) in [5.74, 6) is 0.426. The number of anilines is 1. The first kappa shape index (κ1) is 23.4. The summed E-state index contributed by atoms with van der Waals surface area (Å²) in [5, 5.41) is 4.87. The van der Waals surface area contributed by atoms with Crippen LogP contribution in [-0.2, 0) is 13.1 Å². The van der Waals surface area contributed by atoms with Gasteiger partial charge in [0.25, 0.3) is 11.5 Å². The van der Waals surface area contributed by atoms with E-state index in [9.17, 15) is 14.4 Å². The number of ketones is 1. The number of fused-ring (bicyclic) bond motifs is 1. The molecule has 0 saturated heterocycles. The summed E-state index contributed by atoms with van der Waals surface area (Å²) in [6.07, 6.45) is 0. The van der Waals surface area contributed by atoms with Crippen LogP contribution in [0.25, 0.3) is 11.3 Å². The van der Waals surface area contributed by atoms with Crippen molar-refractivity contribution in [3.05, 3.63) is 80.3 Å². The zero-order valence-electron chi connectivity index (χ0n) is 20.1. The lowest BCUT2D eigenvalue weighted by Crippen LogP contribution is -2.38. The highest BCUT2D eigenvalue weighted by molar-refractivity contribution is 5.98. The zero-order valence-corrected chi connectivity index (χ0v) is 20.1. The van der Waals surface area contributed by atoms with Crippen LogP contribution in [0.15, 0.2) is 41.2 Å². The molecule has 176 valence electrons. The van der Waals surface area contributed by atoms with Gasteiger partial charge in [-0.25, -0.2) is 10.4 Å². The van der Waals surface area contributed by atoms with E-state index in [4.69, 9.17) is 4.98 Å². The van der Waals surface area contributed by atoms with Crippen LogP contribution in [0.1, 0.15) is 63.9 Å².